The van der Waals surface area contributed by atoms with Crippen LogP contribution in [0.25, 0.3) is 0 Å². The molecule has 0 amide bonds. The molecular weight excluding hydrogens is 426 g/mol. The number of rotatable bonds is 3. The Morgan fingerprint density at radius 2 is 1.17 bits per heavy atom. The van der Waals surface area contributed by atoms with Crippen LogP contribution in [0.2, 0.25) is 0 Å². The smallest absolute Gasteiger partial charge is 0.0859 e. The number of fused-ring (bicyclic) bond motifs is 1. The van der Waals surface area contributed by atoms with Gasteiger partial charge in [-0.2, -0.15) is 0 Å². The molecule has 35 heavy (non-hydrogen) atoms. The van der Waals surface area contributed by atoms with Gasteiger partial charge >= 0.3 is 0 Å². The van der Waals surface area contributed by atoms with Crippen molar-refractivity contribution in [3.63, 3.8) is 0 Å². The third kappa shape index (κ3) is 8.78. The van der Waals surface area contributed by atoms with Crippen LogP contribution >= 0.6 is 0 Å². The molecule has 190 valence electrons. The molecule has 4 rings (SSSR count). The van der Waals surface area contributed by atoms with Gasteiger partial charge in [-0.1, -0.05) is 124 Å². The summed E-state index contributed by atoms with van der Waals surface area (Å²) < 4.78 is 2.40. The van der Waals surface area contributed by atoms with Crippen molar-refractivity contribution in [2.45, 2.75) is 122 Å². The number of hydrogen-bond acceptors (Lipinski definition) is 2. The lowest BCUT2D eigenvalue weighted by Gasteiger charge is -2.23. The number of nitrogens with zero attached hydrogens (tertiary/aromatic N) is 3. The molecule has 3 nitrogen and oxygen atoms in total. The molecule has 1 aromatic heterocycles. The zero-order chi connectivity index (χ0) is 24.0. The number of aromatic nitrogens is 3. The van der Waals surface area contributed by atoms with Crippen LogP contribution in [0.4, 0.5) is 0 Å². The largest absolute Gasteiger partial charge is 0.246 e. The zero-order valence-electron chi connectivity index (χ0n) is 21.9. The third-order valence-electron chi connectivity index (χ3n) is 8.17. The molecule has 3 heteroatoms. The van der Waals surface area contributed by atoms with Gasteiger partial charge in [0.15, 0.2) is 0 Å². The molecule has 1 unspecified atom stereocenters. The Balaban J connectivity index is 1.40. The van der Waals surface area contributed by atoms with E-state index in [2.05, 4.69) is 59.3 Å². The highest BCUT2D eigenvalue weighted by atomic mass is 15.4. The van der Waals surface area contributed by atoms with Gasteiger partial charge in [0.2, 0.25) is 0 Å². The molecule has 2 aliphatic rings. The van der Waals surface area contributed by atoms with Crippen molar-refractivity contribution >= 4 is 0 Å². The van der Waals surface area contributed by atoms with Crippen molar-refractivity contribution in [3.8, 4) is 0 Å². The van der Waals surface area contributed by atoms with Gasteiger partial charge < -0.3 is 0 Å². The van der Waals surface area contributed by atoms with Gasteiger partial charge in [0.1, 0.15) is 0 Å². The van der Waals surface area contributed by atoms with Crippen molar-refractivity contribution in [2.75, 3.05) is 0 Å². The molecular formula is C32H47N3. The monoisotopic (exact) mass is 473 g/mol. The molecule has 0 spiro atoms. The summed E-state index contributed by atoms with van der Waals surface area (Å²) in [5.41, 5.74) is 4.19. The normalized spacial score (nSPS) is 21.2. The maximum absolute atomic E-state index is 4.80. The fourth-order valence-electron chi connectivity index (χ4n) is 6.11. The van der Waals surface area contributed by atoms with E-state index in [0.717, 1.165) is 25.2 Å². The minimum absolute atomic E-state index is 0.564. The van der Waals surface area contributed by atoms with Crippen LogP contribution in [0.1, 0.15) is 119 Å². The van der Waals surface area contributed by atoms with Gasteiger partial charge in [0.05, 0.1) is 17.4 Å². The molecule has 2 aromatic rings. The Morgan fingerprint density at radius 3 is 1.80 bits per heavy atom. The summed E-state index contributed by atoms with van der Waals surface area (Å²) in [7, 11) is 0. The number of hydrogen-bond donors (Lipinski definition) is 0. The van der Waals surface area contributed by atoms with E-state index >= 15 is 0 Å². The molecule has 0 radical (unpaired) electrons. The van der Waals surface area contributed by atoms with Crippen LogP contribution in [0.3, 0.4) is 0 Å². The van der Waals surface area contributed by atoms with E-state index < -0.39 is 0 Å². The van der Waals surface area contributed by atoms with Crippen LogP contribution in [-0.2, 0) is 19.3 Å². The SMILES string of the molecule is c1ccccc(CC2CCCc3c(nnn3C3CCCCCCCCCCCC3)CC2)cccc1. The van der Waals surface area contributed by atoms with Gasteiger partial charge in [-0.05, 0) is 62.8 Å². The van der Waals surface area contributed by atoms with Crippen molar-refractivity contribution in [3.05, 3.63) is 71.5 Å². The Labute approximate surface area is 214 Å². The van der Waals surface area contributed by atoms with Gasteiger partial charge in [-0.15, -0.1) is 5.10 Å². The predicted octanol–water partition coefficient (Wildman–Crippen LogP) is 8.77. The summed E-state index contributed by atoms with van der Waals surface area (Å²) in [5, 5.41) is 9.56. The first-order valence-electron chi connectivity index (χ1n) is 14.7. The maximum atomic E-state index is 4.80. The Kier molecular flexibility index (Phi) is 11.2. The molecule has 1 fully saturated rings. The third-order valence-corrected chi connectivity index (χ3v) is 8.17. The number of aryl methyl sites for hydroxylation is 1. The van der Waals surface area contributed by atoms with E-state index in [4.69, 9.17) is 10.3 Å². The molecule has 1 aromatic carbocycles. The Hall–Kier alpha value is -2.16. The summed E-state index contributed by atoms with van der Waals surface area (Å²) in [5.74, 6) is 0.727. The van der Waals surface area contributed by atoms with Crippen LogP contribution in [0.15, 0.2) is 54.6 Å². The first-order valence-corrected chi connectivity index (χ1v) is 14.7. The Bertz CT molecular complexity index is 878. The summed E-state index contributed by atoms with van der Waals surface area (Å²) >= 11 is 0. The highest BCUT2D eigenvalue weighted by Crippen LogP contribution is 2.30. The maximum Gasteiger partial charge on any atom is 0.0859 e. The molecule has 0 bridgehead atoms. The second-order valence-electron chi connectivity index (χ2n) is 11.0. The lowest BCUT2D eigenvalue weighted by atomic mass is 9.87. The highest BCUT2D eigenvalue weighted by molar-refractivity contribution is 5.15. The van der Waals surface area contributed by atoms with Gasteiger partial charge in [0, 0.05) is 0 Å². The van der Waals surface area contributed by atoms with Crippen molar-refractivity contribution in [1.29, 1.82) is 0 Å². The van der Waals surface area contributed by atoms with Crippen LogP contribution in [0, 0.1) is 5.92 Å². The molecule has 1 heterocycles. The summed E-state index contributed by atoms with van der Waals surface area (Å²) in [6, 6.07) is 20.0. The fraction of sp³-hybridized carbons (Fsp3) is 0.625. The second-order valence-corrected chi connectivity index (χ2v) is 11.0. The zero-order valence-corrected chi connectivity index (χ0v) is 21.9. The predicted molar refractivity (Wildman–Crippen MR) is 147 cm³/mol. The van der Waals surface area contributed by atoms with Gasteiger partial charge in [-0.25, -0.2) is 4.68 Å². The molecule has 0 aliphatic heterocycles. The second kappa shape index (κ2) is 15.1. The molecule has 2 aliphatic carbocycles. The van der Waals surface area contributed by atoms with E-state index in [9.17, 15) is 0 Å². The summed E-state index contributed by atoms with van der Waals surface area (Å²) in [6.45, 7) is 0. The van der Waals surface area contributed by atoms with Crippen LogP contribution in [0.5, 0.6) is 0 Å². The van der Waals surface area contributed by atoms with E-state index in [1.807, 2.05) is 0 Å². The lowest BCUT2D eigenvalue weighted by Crippen LogP contribution is -2.17. The standard InChI is InChI=1S/C32H47N3/c1-2-4-9-13-17-23-30(22-16-12-8-3-1)35-32-24-18-21-29(25-26-31(32)33-34-35)27-28-19-14-10-6-5-7-11-15-20-28/h5-7,10-11,14-15,19-20,29-30H,1-4,8-9,12-13,16-18,21-27H2. The summed E-state index contributed by atoms with van der Waals surface area (Å²) in [4.78, 5) is 0. The molecule has 0 saturated heterocycles. The van der Waals surface area contributed by atoms with Crippen molar-refractivity contribution in [2.24, 2.45) is 5.92 Å². The topological polar surface area (TPSA) is 30.7 Å². The van der Waals surface area contributed by atoms with E-state index in [1.54, 1.807) is 0 Å². The fourth-order valence-corrected chi connectivity index (χ4v) is 6.11. The van der Waals surface area contributed by atoms with E-state index in [-0.39, 0.29) is 0 Å². The summed E-state index contributed by atoms with van der Waals surface area (Å²) in [6.07, 6.45) is 23.8. The van der Waals surface area contributed by atoms with Gasteiger partial charge in [-0.3, -0.25) is 0 Å². The minimum Gasteiger partial charge on any atom is -0.246 e. The first kappa shape index (κ1) is 25.9. The van der Waals surface area contributed by atoms with Crippen molar-refractivity contribution in [1.82, 2.24) is 15.0 Å². The van der Waals surface area contributed by atoms with E-state index in [0.29, 0.717) is 6.04 Å². The minimum atomic E-state index is 0.564. The average Bonchev–Trinajstić information content (AvgIpc) is 3.26. The first-order chi connectivity index (χ1) is 17.4. The highest BCUT2D eigenvalue weighted by Gasteiger charge is 2.23. The molecule has 1 saturated carbocycles. The molecule has 0 N–H and O–H groups in total. The van der Waals surface area contributed by atoms with Crippen LogP contribution < -0.4 is 0 Å². The quantitative estimate of drug-likeness (QED) is 0.446. The lowest BCUT2D eigenvalue weighted by molar-refractivity contribution is 0.348. The van der Waals surface area contributed by atoms with E-state index in [1.165, 1.54) is 113 Å². The average molecular weight is 474 g/mol. The van der Waals surface area contributed by atoms with Crippen molar-refractivity contribution < 1.29 is 0 Å². The van der Waals surface area contributed by atoms with Crippen LogP contribution in [-0.4, -0.2) is 15.0 Å². The Morgan fingerprint density at radius 1 is 0.600 bits per heavy atom. The molecule has 1 atom stereocenters. The van der Waals surface area contributed by atoms with Gasteiger partial charge in [0.25, 0.3) is 0 Å².